The van der Waals surface area contributed by atoms with Crippen LogP contribution in [-0.4, -0.2) is 17.6 Å². The summed E-state index contributed by atoms with van der Waals surface area (Å²) in [6, 6.07) is 7.26. The van der Waals surface area contributed by atoms with E-state index in [0.29, 0.717) is 0 Å². The summed E-state index contributed by atoms with van der Waals surface area (Å²) in [5, 5.41) is 0. The number of carbonyl (C=O) groups is 1. The van der Waals surface area contributed by atoms with Gasteiger partial charge in [0.25, 0.3) is 0 Å². The molecule has 0 radical (unpaired) electrons. The minimum atomic E-state index is -0.578. The Hall–Kier alpha value is -2.63. The number of hydrogen-bond acceptors (Lipinski definition) is 5. The number of pyridine rings is 1. The van der Waals surface area contributed by atoms with Crippen LogP contribution in [0.3, 0.4) is 0 Å². The van der Waals surface area contributed by atoms with E-state index in [9.17, 15) is 9.18 Å². The topological polar surface area (TPSA) is 74.4 Å². The van der Waals surface area contributed by atoms with E-state index in [1.165, 1.54) is 30.5 Å². The van der Waals surface area contributed by atoms with E-state index in [1.54, 1.807) is 13.0 Å². The van der Waals surface area contributed by atoms with Crippen LogP contribution in [-0.2, 0) is 4.74 Å². The smallest absolute Gasteiger partial charge is 0.340 e. The van der Waals surface area contributed by atoms with Gasteiger partial charge in [-0.2, -0.15) is 0 Å². The van der Waals surface area contributed by atoms with E-state index in [1.807, 2.05) is 0 Å². The maximum absolute atomic E-state index is 13.5. The van der Waals surface area contributed by atoms with Crippen molar-refractivity contribution in [2.45, 2.75) is 6.92 Å². The molecule has 0 aliphatic heterocycles. The van der Waals surface area contributed by atoms with Crippen molar-refractivity contribution in [1.82, 2.24) is 4.98 Å². The summed E-state index contributed by atoms with van der Waals surface area (Å²) >= 11 is 0. The minimum absolute atomic E-state index is 0.00852. The van der Waals surface area contributed by atoms with Gasteiger partial charge in [-0.1, -0.05) is 12.1 Å². The maximum atomic E-state index is 13.5. The predicted molar refractivity (Wildman–Crippen MR) is 71.1 cm³/mol. The van der Waals surface area contributed by atoms with Gasteiger partial charge in [0.15, 0.2) is 11.6 Å². The summed E-state index contributed by atoms with van der Waals surface area (Å²) in [6.07, 6.45) is 1.35. The molecule has 0 aliphatic rings. The first kappa shape index (κ1) is 13.8. The third kappa shape index (κ3) is 2.85. The number of carbonyl (C=O) groups excluding carboxylic acids is 1. The third-order valence-electron chi connectivity index (χ3n) is 2.49. The number of nitrogens with zero attached hydrogens (tertiary/aromatic N) is 1. The molecule has 5 nitrogen and oxygen atoms in total. The second-order valence-electron chi connectivity index (χ2n) is 3.83. The molecule has 0 amide bonds. The average molecular weight is 276 g/mol. The molecule has 20 heavy (non-hydrogen) atoms. The molecule has 0 saturated carbocycles. The quantitative estimate of drug-likeness (QED) is 0.869. The standard InChI is InChI=1S/C14H13FN2O3/c1-2-19-14(18)9-7-8-17-13(12(9)16)20-11-6-4-3-5-10(11)15/h3-8H,2,16H2,1H3. The Bertz CT molecular complexity index is 632. The number of nitrogens with two attached hydrogens (primary N) is 1. The number of para-hydroxylation sites is 1. The first-order valence-corrected chi connectivity index (χ1v) is 5.97. The molecule has 2 aromatic rings. The number of halogens is 1. The number of esters is 1. The van der Waals surface area contributed by atoms with E-state index >= 15 is 0 Å². The van der Waals surface area contributed by atoms with E-state index in [0.717, 1.165) is 0 Å². The van der Waals surface area contributed by atoms with Gasteiger partial charge in [0.1, 0.15) is 5.69 Å². The zero-order valence-corrected chi connectivity index (χ0v) is 10.8. The molecular formula is C14H13FN2O3. The molecule has 0 fully saturated rings. The summed E-state index contributed by atoms with van der Waals surface area (Å²) in [5.74, 6) is -1.19. The van der Waals surface area contributed by atoms with E-state index < -0.39 is 11.8 Å². The molecule has 0 atom stereocenters. The molecule has 0 saturated heterocycles. The van der Waals surface area contributed by atoms with E-state index in [4.69, 9.17) is 15.2 Å². The molecule has 0 aliphatic carbocycles. The Morgan fingerprint density at radius 3 is 2.80 bits per heavy atom. The summed E-state index contributed by atoms with van der Waals surface area (Å²) in [4.78, 5) is 15.6. The SMILES string of the molecule is CCOC(=O)c1ccnc(Oc2ccccc2F)c1N. The molecule has 6 heteroatoms. The van der Waals surface area contributed by atoms with Crippen LogP contribution < -0.4 is 10.5 Å². The first-order valence-electron chi connectivity index (χ1n) is 5.97. The molecular weight excluding hydrogens is 263 g/mol. The number of aromatic nitrogens is 1. The van der Waals surface area contributed by atoms with Crippen molar-refractivity contribution in [2.24, 2.45) is 0 Å². The highest BCUT2D eigenvalue weighted by Gasteiger charge is 2.16. The summed E-state index contributed by atoms with van der Waals surface area (Å²) in [7, 11) is 0. The van der Waals surface area contributed by atoms with Crippen LogP contribution in [0.1, 0.15) is 17.3 Å². The molecule has 1 heterocycles. The molecule has 104 valence electrons. The number of ether oxygens (including phenoxy) is 2. The fourth-order valence-electron chi connectivity index (χ4n) is 1.55. The normalized spacial score (nSPS) is 10.1. The van der Waals surface area contributed by atoms with Crippen LogP contribution >= 0.6 is 0 Å². The second kappa shape index (κ2) is 6.01. The molecule has 0 spiro atoms. The second-order valence-corrected chi connectivity index (χ2v) is 3.83. The van der Waals surface area contributed by atoms with Gasteiger partial charge in [-0.25, -0.2) is 14.2 Å². The highest BCUT2D eigenvalue weighted by molar-refractivity contribution is 5.96. The summed E-state index contributed by atoms with van der Waals surface area (Å²) < 4.78 is 23.7. The fourth-order valence-corrected chi connectivity index (χ4v) is 1.55. The molecule has 0 unspecified atom stereocenters. The van der Waals surface area contributed by atoms with Gasteiger partial charge < -0.3 is 15.2 Å². The first-order chi connectivity index (χ1) is 9.63. The lowest BCUT2D eigenvalue weighted by atomic mass is 10.2. The van der Waals surface area contributed by atoms with Crippen molar-refractivity contribution in [2.75, 3.05) is 12.3 Å². The van der Waals surface area contributed by atoms with Crippen molar-refractivity contribution in [3.8, 4) is 11.6 Å². The van der Waals surface area contributed by atoms with E-state index in [2.05, 4.69) is 4.98 Å². The van der Waals surface area contributed by atoms with Gasteiger partial charge in [0.2, 0.25) is 5.88 Å². The molecule has 2 N–H and O–H groups in total. The van der Waals surface area contributed by atoms with Crippen molar-refractivity contribution in [1.29, 1.82) is 0 Å². The lowest BCUT2D eigenvalue weighted by molar-refractivity contribution is 0.0527. The summed E-state index contributed by atoms with van der Waals surface area (Å²) in [5.41, 5.74) is 5.94. The Balaban J connectivity index is 2.32. The Morgan fingerprint density at radius 1 is 1.35 bits per heavy atom. The third-order valence-corrected chi connectivity index (χ3v) is 2.49. The van der Waals surface area contributed by atoms with Gasteiger partial charge in [0.05, 0.1) is 12.2 Å². The van der Waals surface area contributed by atoms with Crippen molar-refractivity contribution in [3.05, 3.63) is 47.9 Å². The number of hydrogen-bond donors (Lipinski definition) is 1. The molecule has 1 aromatic carbocycles. The number of anilines is 1. The Kier molecular flexibility index (Phi) is 4.14. The largest absolute Gasteiger partial charge is 0.462 e. The van der Waals surface area contributed by atoms with E-state index in [-0.39, 0.29) is 29.5 Å². The molecule has 1 aromatic heterocycles. The van der Waals surface area contributed by atoms with Gasteiger partial charge in [0, 0.05) is 6.20 Å². The average Bonchev–Trinajstić information content (AvgIpc) is 2.43. The lowest BCUT2D eigenvalue weighted by Crippen LogP contribution is -2.09. The van der Waals surface area contributed by atoms with Crippen LogP contribution in [0.5, 0.6) is 11.6 Å². The maximum Gasteiger partial charge on any atom is 0.340 e. The molecule has 0 bridgehead atoms. The van der Waals surface area contributed by atoms with Crippen molar-refractivity contribution >= 4 is 11.7 Å². The van der Waals surface area contributed by atoms with Gasteiger partial charge >= 0.3 is 5.97 Å². The van der Waals surface area contributed by atoms with Crippen LogP contribution in [0.25, 0.3) is 0 Å². The zero-order valence-electron chi connectivity index (χ0n) is 10.8. The zero-order chi connectivity index (χ0) is 14.5. The van der Waals surface area contributed by atoms with Gasteiger partial charge in [-0.15, -0.1) is 0 Å². The van der Waals surface area contributed by atoms with Crippen molar-refractivity contribution in [3.63, 3.8) is 0 Å². The number of nitrogen functional groups attached to an aromatic ring is 1. The predicted octanol–water partition coefficient (Wildman–Crippen LogP) is 2.77. The minimum Gasteiger partial charge on any atom is -0.462 e. The molecule has 2 rings (SSSR count). The monoisotopic (exact) mass is 276 g/mol. The van der Waals surface area contributed by atoms with Gasteiger partial charge in [-0.05, 0) is 25.1 Å². The van der Waals surface area contributed by atoms with Crippen LogP contribution in [0.15, 0.2) is 36.5 Å². The highest BCUT2D eigenvalue weighted by Crippen LogP contribution is 2.29. The lowest BCUT2D eigenvalue weighted by Gasteiger charge is -2.10. The number of rotatable bonds is 4. The van der Waals surface area contributed by atoms with Crippen LogP contribution in [0.2, 0.25) is 0 Å². The van der Waals surface area contributed by atoms with Crippen LogP contribution in [0, 0.1) is 5.82 Å². The van der Waals surface area contributed by atoms with Crippen LogP contribution in [0.4, 0.5) is 10.1 Å². The number of benzene rings is 1. The van der Waals surface area contributed by atoms with Gasteiger partial charge in [-0.3, -0.25) is 0 Å². The Morgan fingerprint density at radius 2 is 2.10 bits per heavy atom. The highest BCUT2D eigenvalue weighted by atomic mass is 19.1. The Labute approximate surface area is 115 Å². The van der Waals surface area contributed by atoms with Crippen molar-refractivity contribution < 1.29 is 18.7 Å². The fraction of sp³-hybridized carbons (Fsp3) is 0.143. The summed E-state index contributed by atoms with van der Waals surface area (Å²) in [6.45, 7) is 1.91.